The second-order valence-corrected chi connectivity index (χ2v) is 14.6. The lowest BCUT2D eigenvalue weighted by Crippen LogP contribution is -2.42. The van der Waals surface area contributed by atoms with Crippen LogP contribution < -0.4 is 24.8 Å². The van der Waals surface area contributed by atoms with E-state index in [2.05, 4.69) is 11.9 Å². The molecule has 290 valence electrons. The summed E-state index contributed by atoms with van der Waals surface area (Å²) >= 11 is 0. The molecule has 4 atom stereocenters. The van der Waals surface area contributed by atoms with E-state index in [-0.39, 0.29) is 79.7 Å². The smallest absolute Gasteiger partial charge is 0.375 e. The maximum Gasteiger partial charge on any atom is 0.375 e. The SMILES string of the molecule is CCCCCC[C@](C)(O)[C@@H]1Cc2c(c(CO)c3c(c2OCCCO)C(=C2C[C@H](CO)C(=O)[C@@H](c4ccc5c(c4)=CCN=5)C2)C(C=O)=C(C(=O)OCC)O3)O1. The largest absolute Gasteiger partial charge is 0.492 e. The van der Waals surface area contributed by atoms with Crippen molar-refractivity contribution in [2.45, 2.75) is 103 Å². The zero-order valence-corrected chi connectivity index (χ0v) is 31.3. The lowest BCUT2D eigenvalue weighted by atomic mass is 9.71. The average molecular weight is 746 g/mol. The van der Waals surface area contributed by atoms with Gasteiger partial charge in [0, 0.05) is 42.4 Å². The Morgan fingerprint density at radius 1 is 1.07 bits per heavy atom. The van der Waals surface area contributed by atoms with Crippen molar-refractivity contribution in [1.29, 1.82) is 0 Å². The highest BCUT2D eigenvalue weighted by Crippen LogP contribution is 2.57. The molecule has 0 spiro atoms. The Labute approximate surface area is 314 Å². The van der Waals surface area contributed by atoms with Crippen LogP contribution in [0.3, 0.4) is 0 Å². The van der Waals surface area contributed by atoms with Crippen LogP contribution in [0.2, 0.25) is 0 Å². The first-order chi connectivity index (χ1) is 26.1. The second-order valence-electron chi connectivity index (χ2n) is 14.6. The van der Waals surface area contributed by atoms with Gasteiger partial charge in [-0.3, -0.25) is 14.6 Å². The first-order valence-electron chi connectivity index (χ1n) is 19.1. The Morgan fingerprint density at radius 2 is 1.89 bits per heavy atom. The summed E-state index contributed by atoms with van der Waals surface area (Å²) in [4.78, 5) is 45.2. The summed E-state index contributed by atoms with van der Waals surface area (Å²) in [6, 6.07) is 5.66. The van der Waals surface area contributed by atoms with Gasteiger partial charge < -0.3 is 39.4 Å². The molecule has 0 unspecified atom stereocenters. The fourth-order valence-corrected chi connectivity index (χ4v) is 8.12. The van der Waals surface area contributed by atoms with E-state index in [0.717, 1.165) is 41.8 Å². The third kappa shape index (κ3) is 7.49. The van der Waals surface area contributed by atoms with Crippen molar-refractivity contribution in [3.05, 3.63) is 67.9 Å². The van der Waals surface area contributed by atoms with Gasteiger partial charge in [0.25, 0.3) is 0 Å². The van der Waals surface area contributed by atoms with E-state index in [9.17, 15) is 34.8 Å². The van der Waals surface area contributed by atoms with Gasteiger partial charge >= 0.3 is 5.97 Å². The molecule has 54 heavy (non-hydrogen) atoms. The van der Waals surface area contributed by atoms with Crippen molar-refractivity contribution in [2.24, 2.45) is 10.9 Å². The van der Waals surface area contributed by atoms with Gasteiger partial charge in [-0.05, 0) is 56.0 Å². The molecule has 0 amide bonds. The molecule has 3 aliphatic heterocycles. The van der Waals surface area contributed by atoms with Gasteiger partial charge in [-0.1, -0.05) is 50.3 Å². The number of Topliss-reactive ketones (excluding diaryl/α,β-unsaturated/α-hetero) is 1. The number of hydrogen-bond donors (Lipinski definition) is 4. The van der Waals surface area contributed by atoms with Crippen LogP contribution in [0.1, 0.15) is 100 Å². The van der Waals surface area contributed by atoms with E-state index < -0.39 is 48.5 Å². The molecule has 3 heterocycles. The van der Waals surface area contributed by atoms with E-state index in [0.29, 0.717) is 41.5 Å². The number of allylic oxidation sites excluding steroid dienone is 3. The number of aliphatic hydroxyl groups excluding tert-OH is 3. The molecule has 0 saturated heterocycles. The predicted molar refractivity (Wildman–Crippen MR) is 198 cm³/mol. The number of esters is 1. The number of ketones is 1. The van der Waals surface area contributed by atoms with Crippen LogP contribution in [0.5, 0.6) is 17.2 Å². The summed E-state index contributed by atoms with van der Waals surface area (Å²) in [5.41, 5.74) is 1.30. The number of aldehydes is 1. The Morgan fingerprint density at radius 3 is 2.59 bits per heavy atom. The van der Waals surface area contributed by atoms with Crippen LogP contribution in [-0.4, -0.2) is 83.1 Å². The first-order valence-corrected chi connectivity index (χ1v) is 19.1. The van der Waals surface area contributed by atoms with Crippen molar-refractivity contribution in [3.63, 3.8) is 0 Å². The van der Waals surface area contributed by atoms with Gasteiger partial charge in [0.1, 0.15) is 29.1 Å². The molecule has 12 heteroatoms. The molecule has 0 radical (unpaired) electrons. The number of hydrogen-bond acceptors (Lipinski definition) is 12. The van der Waals surface area contributed by atoms with Crippen LogP contribution in [0, 0.1) is 5.92 Å². The molecular weight excluding hydrogens is 694 g/mol. The van der Waals surface area contributed by atoms with Crippen LogP contribution in [0.4, 0.5) is 0 Å². The quantitative estimate of drug-likeness (QED) is 0.113. The fraction of sp³-hybridized carbons (Fsp3) is 0.524. The molecule has 1 aliphatic carbocycles. The van der Waals surface area contributed by atoms with Crippen molar-refractivity contribution in [1.82, 2.24) is 0 Å². The summed E-state index contributed by atoms with van der Waals surface area (Å²) in [5.74, 6) is -2.40. The summed E-state index contributed by atoms with van der Waals surface area (Å²) in [7, 11) is 0. The average Bonchev–Trinajstić information content (AvgIpc) is 3.84. The van der Waals surface area contributed by atoms with Crippen molar-refractivity contribution in [3.8, 4) is 17.2 Å². The number of nitrogens with zero attached hydrogens (tertiary/aromatic N) is 1. The minimum atomic E-state index is -1.25. The Kier molecular flexibility index (Phi) is 12.4. The number of unbranched alkanes of at least 4 members (excludes halogenated alkanes) is 3. The summed E-state index contributed by atoms with van der Waals surface area (Å²) in [6.45, 7) is 4.89. The lowest BCUT2D eigenvalue weighted by molar-refractivity contribution is -0.141. The molecule has 1 fully saturated rings. The molecule has 12 nitrogen and oxygen atoms in total. The lowest BCUT2D eigenvalue weighted by Gasteiger charge is -2.34. The number of fused-ring (bicyclic) bond motifs is 3. The second kappa shape index (κ2) is 17.0. The number of rotatable bonds is 16. The fourth-order valence-electron chi connectivity index (χ4n) is 8.12. The van der Waals surface area contributed by atoms with E-state index in [1.54, 1.807) is 13.8 Å². The van der Waals surface area contributed by atoms with Crippen LogP contribution >= 0.6 is 0 Å². The highest BCUT2D eigenvalue weighted by atomic mass is 16.6. The van der Waals surface area contributed by atoms with Crippen molar-refractivity contribution < 1.29 is 53.8 Å². The van der Waals surface area contributed by atoms with Gasteiger partial charge in [-0.25, -0.2) is 4.79 Å². The van der Waals surface area contributed by atoms with E-state index in [1.807, 2.05) is 24.3 Å². The topological polar surface area (TPSA) is 181 Å². The third-order valence-corrected chi connectivity index (χ3v) is 11.0. The van der Waals surface area contributed by atoms with E-state index in [4.69, 9.17) is 18.9 Å². The molecule has 2 aromatic rings. The predicted octanol–water partition coefficient (Wildman–Crippen LogP) is 3.30. The van der Waals surface area contributed by atoms with Crippen LogP contribution in [-0.2, 0) is 32.1 Å². The maximum absolute atomic E-state index is 14.0. The zero-order chi connectivity index (χ0) is 38.6. The van der Waals surface area contributed by atoms with Gasteiger partial charge in [-0.15, -0.1) is 0 Å². The summed E-state index contributed by atoms with van der Waals surface area (Å²) in [5, 5.41) is 44.7. The van der Waals surface area contributed by atoms with Gasteiger partial charge in [0.05, 0.1) is 60.6 Å². The van der Waals surface area contributed by atoms with Gasteiger partial charge in [-0.2, -0.15) is 0 Å². The maximum atomic E-state index is 14.0. The molecule has 4 aliphatic rings. The van der Waals surface area contributed by atoms with Crippen LogP contribution in [0.15, 0.2) is 40.1 Å². The molecule has 0 aromatic heterocycles. The van der Waals surface area contributed by atoms with Gasteiger partial charge in [0.15, 0.2) is 6.29 Å². The normalized spacial score (nSPS) is 22.6. The van der Waals surface area contributed by atoms with Crippen molar-refractivity contribution in [2.75, 3.05) is 33.0 Å². The number of benzene rings is 2. The Balaban J connectivity index is 1.59. The third-order valence-electron chi connectivity index (χ3n) is 11.0. The number of carbonyl (C=O) groups excluding carboxylic acids is 3. The van der Waals surface area contributed by atoms with Crippen LogP contribution in [0.25, 0.3) is 11.6 Å². The molecule has 1 saturated carbocycles. The Hall–Kier alpha value is -4.36. The monoisotopic (exact) mass is 745 g/mol. The zero-order valence-electron chi connectivity index (χ0n) is 31.3. The minimum Gasteiger partial charge on any atom is -0.492 e. The highest BCUT2D eigenvalue weighted by molar-refractivity contribution is 6.11. The summed E-state index contributed by atoms with van der Waals surface area (Å²) in [6.07, 6.45) is 6.79. The number of ether oxygens (including phenoxy) is 4. The van der Waals surface area contributed by atoms with E-state index in [1.165, 1.54) is 0 Å². The number of carbonyl (C=O) groups is 3. The Bertz CT molecular complexity index is 1980. The van der Waals surface area contributed by atoms with Crippen molar-refractivity contribution >= 4 is 29.7 Å². The standard InChI is InChI=1S/C42H51NO11/c1-4-6-7-8-13-42(3,50)33-20-29-37(53-33)31(23-47)39-35(38(29)52-16-9-15-44)34(30(22-46)40(54-39)41(49)51-5-2)26-18-27(21-45)36(48)28(19-26)24-10-11-32-25(17-24)12-14-43-32/h10-12,17,22,27-28,33,44-45,47,50H,4-9,13-16,18-21,23H2,1-3H3/t27-,28-,33+,42+/m1/s1. The first kappa shape index (κ1) is 39.3. The molecule has 0 bridgehead atoms. The minimum absolute atomic E-state index is 0.00785. The van der Waals surface area contributed by atoms with E-state index >= 15 is 0 Å². The molecule has 2 aromatic carbocycles. The molecule has 6 rings (SSSR count). The highest BCUT2D eigenvalue weighted by Gasteiger charge is 2.46. The number of aliphatic hydroxyl groups is 4. The summed E-state index contributed by atoms with van der Waals surface area (Å²) < 4.78 is 24.6. The molecular formula is C42H51NO11. The molecule has 4 N–H and O–H groups in total. The van der Waals surface area contributed by atoms with Gasteiger partial charge in [0.2, 0.25) is 5.76 Å².